The third-order valence-corrected chi connectivity index (χ3v) is 2.91. The summed E-state index contributed by atoms with van der Waals surface area (Å²) in [4.78, 5) is 22.9. The average Bonchev–Trinajstić information content (AvgIpc) is 2.46. The first-order valence-electron chi connectivity index (χ1n) is 6.21. The third-order valence-electron chi connectivity index (χ3n) is 2.42. The molecule has 0 radical (unpaired) electrons. The number of hydrogen-bond acceptors (Lipinski definition) is 6. The first-order valence-corrected chi connectivity index (χ1v) is 7.07. The molecule has 0 unspecified atom stereocenters. The number of ether oxygens (including phenoxy) is 3. The number of thiocarbonyl (C=S) groups is 1. The van der Waals surface area contributed by atoms with Crippen molar-refractivity contribution in [2.75, 3.05) is 20.3 Å². The average molecular weight is 328 g/mol. The minimum absolute atomic E-state index is 0.0264. The molecule has 114 valence electrons. The Morgan fingerprint density at radius 2 is 1.71 bits per heavy atom. The molecule has 1 rings (SSSR count). The van der Waals surface area contributed by atoms with Crippen molar-refractivity contribution >= 4 is 41.0 Å². The molecule has 0 aliphatic rings. The lowest BCUT2D eigenvalue weighted by Crippen LogP contribution is -2.14. The minimum atomic E-state index is -0.500. The highest BCUT2D eigenvalue weighted by atomic mass is 32.1. The van der Waals surface area contributed by atoms with E-state index in [0.29, 0.717) is 16.6 Å². The third kappa shape index (κ3) is 7.22. The van der Waals surface area contributed by atoms with Gasteiger partial charge in [0.2, 0.25) is 0 Å². The molecule has 7 heteroatoms. The highest BCUT2D eigenvalue weighted by Crippen LogP contribution is 2.15. The molecule has 0 saturated heterocycles. The summed E-state index contributed by atoms with van der Waals surface area (Å²) in [7, 11) is 1.51. The first kappa shape index (κ1) is 17.6. The summed E-state index contributed by atoms with van der Waals surface area (Å²) < 4.78 is 15.1. The van der Waals surface area contributed by atoms with Crippen molar-refractivity contribution in [2.45, 2.75) is 12.8 Å². The van der Waals surface area contributed by atoms with Gasteiger partial charge in [-0.05, 0) is 29.8 Å². The molecule has 0 atom stereocenters. The lowest BCUT2D eigenvalue weighted by atomic mass is 10.2. The Labute approximate surface area is 134 Å². The topological polar surface area (TPSA) is 61.8 Å². The van der Waals surface area contributed by atoms with Crippen LogP contribution in [0.2, 0.25) is 0 Å². The summed E-state index contributed by atoms with van der Waals surface area (Å²) in [5.74, 6) is -0.569. The van der Waals surface area contributed by atoms with E-state index in [2.05, 4.69) is 12.6 Å². The van der Waals surface area contributed by atoms with E-state index < -0.39 is 11.9 Å². The van der Waals surface area contributed by atoms with Gasteiger partial charge in [-0.25, -0.2) is 0 Å². The van der Waals surface area contributed by atoms with Crippen LogP contribution in [0.1, 0.15) is 18.4 Å². The molecule has 0 N–H and O–H groups in total. The highest BCUT2D eigenvalue weighted by Gasteiger charge is 2.10. The molecule has 0 aliphatic heterocycles. The number of esters is 2. The molecule has 0 heterocycles. The Kier molecular flexibility index (Phi) is 7.96. The van der Waals surface area contributed by atoms with Gasteiger partial charge in [0, 0.05) is 7.11 Å². The van der Waals surface area contributed by atoms with Crippen molar-refractivity contribution in [1.29, 1.82) is 0 Å². The van der Waals surface area contributed by atoms with Gasteiger partial charge in [-0.2, -0.15) is 0 Å². The Balaban J connectivity index is 2.33. The molecule has 0 bridgehead atoms. The van der Waals surface area contributed by atoms with Crippen LogP contribution in [0.15, 0.2) is 24.3 Å². The minimum Gasteiger partial charge on any atom is -0.463 e. The monoisotopic (exact) mass is 328 g/mol. The van der Waals surface area contributed by atoms with Crippen molar-refractivity contribution in [3.8, 4) is 5.75 Å². The molecule has 0 saturated carbocycles. The lowest BCUT2D eigenvalue weighted by Gasteiger charge is -2.06. The molecule has 0 fully saturated rings. The summed E-state index contributed by atoms with van der Waals surface area (Å²) in [6, 6.07) is 6.65. The summed E-state index contributed by atoms with van der Waals surface area (Å²) in [6.07, 6.45) is -0.0695. The number of carbonyl (C=O) groups is 2. The van der Waals surface area contributed by atoms with Crippen LogP contribution in [-0.4, -0.2) is 36.5 Å². The molecule has 0 amide bonds. The summed E-state index contributed by atoms with van der Waals surface area (Å²) in [5, 5.41) is 0. The second-order valence-electron chi connectivity index (χ2n) is 4.02. The molecule has 0 aromatic heterocycles. The number of hydrogen-bond donors (Lipinski definition) is 1. The van der Waals surface area contributed by atoms with E-state index in [0.717, 1.165) is 5.56 Å². The fourth-order valence-electron chi connectivity index (χ4n) is 1.36. The van der Waals surface area contributed by atoms with E-state index in [-0.39, 0.29) is 19.4 Å². The van der Waals surface area contributed by atoms with Gasteiger partial charge in [-0.3, -0.25) is 9.59 Å². The Hall–Kier alpha value is -1.44. The van der Waals surface area contributed by atoms with Crippen molar-refractivity contribution in [3.63, 3.8) is 0 Å². The number of carbonyl (C=O) groups excluding carboxylic acids is 2. The van der Waals surface area contributed by atoms with Crippen LogP contribution >= 0.6 is 24.8 Å². The quantitative estimate of drug-likeness (QED) is 0.259. The fourth-order valence-corrected chi connectivity index (χ4v) is 1.65. The molecule has 21 heavy (non-hydrogen) atoms. The molecular formula is C14H16O5S2. The molecule has 5 nitrogen and oxygen atoms in total. The molecule has 0 spiro atoms. The van der Waals surface area contributed by atoms with Gasteiger partial charge in [-0.15, -0.1) is 12.6 Å². The Morgan fingerprint density at radius 1 is 1.10 bits per heavy atom. The van der Waals surface area contributed by atoms with E-state index in [1.165, 1.54) is 7.11 Å². The van der Waals surface area contributed by atoms with Crippen LogP contribution in [0.25, 0.3) is 0 Å². The van der Waals surface area contributed by atoms with E-state index in [4.69, 9.17) is 26.4 Å². The van der Waals surface area contributed by atoms with Gasteiger partial charge in [0.1, 0.15) is 12.4 Å². The highest BCUT2D eigenvalue weighted by molar-refractivity contribution is 8.11. The van der Waals surface area contributed by atoms with Gasteiger partial charge in [-0.1, -0.05) is 12.2 Å². The van der Waals surface area contributed by atoms with Gasteiger partial charge in [0.25, 0.3) is 0 Å². The molecule has 1 aromatic rings. The van der Waals surface area contributed by atoms with Crippen molar-refractivity contribution in [2.24, 2.45) is 0 Å². The zero-order valence-electron chi connectivity index (χ0n) is 11.5. The van der Waals surface area contributed by atoms with Crippen LogP contribution in [0.4, 0.5) is 0 Å². The van der Waals surface area contributed by atoms with Gasteiger partial charge >= 0.3 is 11.9 Å². The lowest BCUT2D eigenvalue weighted by molar-refractivity contribution is -0.147. The van der Waals surface area contributed by atoms with Gasteiger partial charge < -0.3 is 14.2 Å². The molecular weight excluding hydrogens is 312 g/mol. The summed E-state index contributed by atoms with van der Waals surface area (Å²) in [5.41, 5.74) is 0.773. The number of rotatable bonds is 8. The second-order valence-corrected chi connectivity index (χ2v) is 5.17. The largest absolute Gasteiger partial charge is 0.463 e. The zero-order chi connectivity index (χ0) is 15.7. The van der Waals surface area contributed by atoms with E-state index >= 15 is 0 Å². The van der Waals surface area contributed by atoms with Gasteiger partial charge in [0.15, 0.2) is 0 Å². The first-order chi connectivity index (χ1) is 10.0. The van der Waals surface area contributed by atoms with Crippen LogP contribution < -0.4 is 4.74 Å². The maximum Gasteiger partial charge on any atom is 0.311 e. The van der Waals surface area contributed by atoms with Crippen LogP contribution in [0.3, 0.4) is 0 Å². The standard InChI is InChI=1S/C14H16O5S2/c1-17-8-9-18-12(15)6-7-13(16)19-11-4-2-10(3-5-11)14(20)21/h2-5H,6-9H2,1H3,(H,20,21). The predicted molar refractivity (Wildman–Crippen MR) is 84.8 cm³/mol. The fraction of sp³-hybridized carbons (Fsp3) is 0.357. The van der Waals surface area contributed by atoms with Crippen LogP contribution in [0, 0.1) is 0 Å². The van der Waals surface area contributed by atoms with E-state index in [9.17, 15) is 9.59 Å². The zero-order valence-corrected chi connectivity index (χ0v) is 13.2. The Morgan fingerprint density at radius 3 is 2.29 bits per heavy atom. The normalized spacial score (nSPS) is 10.0. The molecule has 0 aliphatic carbocycles. The maximum absolute atomic E-state index is 11.6. The van der Waals surface area contributed by atoms with Crippen LogP contribution in [0.5, 0.6) is 5.75 Å². The van der Waals surface area contributed by atoms with Crippen LogP contribution in [-0.2, 0) is 19.1 Å². The molecule has 1 aromatic carbocycles. The van der Waals surface area contributed by atoms with Crippen molar-refractivity contribution in [3.05, 3.63) is 29.8 Å². The Bertz CT molecular complexity index is 499. The maximum atomic E-state index is 11.6. The van der Waals surface area contributed by atoms with Crippen molar-refractivity contribution < 1.29 is 23.8 Å². The number of benzene rings is 1. The number of thiol groups is 1. The summed E-state index contributed by atoms with van der Waals surface area (Å²) in [6.45, 7) is 0.505. The van der Waals surface area contributed by atoms with Crippen molar-refractivity contribution in [1.82, 2.24) is 0 Å². The number of methoxy groups -OCH3 is 1. The SMILES string of the molecule is COCCOC(=O)CCC(=O)Oc1ccc(C(=S)S)cc1. The second kappa shape index (κ2) is 9.49. The smallest absolute Gasteiger partial charge is 0.311 e. The van der Waals surface area contributed by atoms with E-state index in [1.807, 2.05) is 0 Å². The van der Waals surface area contributed by atoms with E-state index in [1.54, 1.807) is 24.3 Å². The van der Waals surface area contributed by atoms with Gasteiger partial charge in [0.05, 0.1) is 23.6 Å². The predicted octanol–water partition coefficient (Wildman–Crippen LogP) is 2.17. The summed E-state index contributed by atoms with van der Waals surface area (Å²) >= 11 is 8.95.